The van der Waals surface area contributed by atoms with Crippen LogP contribution in [-0.2, 0) is 13.5 Å². The minimum Gasteiger partial charge on any atom is -0.271 e. The summed E-state index contributed by atoms with van der Waals surface area (Å²) in [5.41, 5.74) is 3.90. The van der Waals surface area contributed by atoms with Crippen molar-refractivity contribution in [1.29, 1.82) is 0 Å². The second-order valence-corrected chi connectivity index (χ2v) is 4.67. The predicted molar refractivity (Wildman–Crippen MR) is 55.3 cm³/mol. The molecule has 1 rings (SSSR count). The fraction of sp³-hybridized carbons (Fsp3) is 0.778. The molecular weight excluding hydrogens is 178 g/mol. The van der Waals surface area contributed by atoms with Gasteiger partial charge in [-0.1, -0.05) is 26.0 Å². The summed E-state index contributed by atoms with van der Waals surface area (Å²) in [4.78, 5) is 0. The van der Waals surface area contributed by atoms with Crippen LogP contribution in [-0.4, -0.2) is 21.0 Å². The molecule has 0 bridgehead atoms. The van der Waals surface area contributed by atoms with Gasteiger partial charge in [0, 0.05) is 25.7 Å². The van der Waals surface area contributed by atoms with Gasteiger partial charge >= 0.3 is 0 Å². The molecule has 0 radical (unpaired) electrons. The number of nitrogens with zero attached hydrogens (tertiary/aromatic N) is 3. The molecule has 14 heavy (non-hydrogen) atoms. The zero-order valence-electron chi connectivity index (χ0n) is 9.28. The zero-order chi connectivity index (χ0) is 10.8. The van der Waals surface area contributed by atoms with E-state index in [9.17, 15) is 0 Å². The lowest BCUT2D eigenvalue weighted by atomic mass is 9.84. The Kier molecular flexibility index (Phi) is 3.23. The number of aryl methyl sites for hydroxylation is 1. The number of nitrogens with one attached hydrogen (secondary N) is 1. The normalized spacial score (nSPS) is 14.4. The van der Waals surface area contributed by atoms with Crippen LogP contribution in [0.4, 0.5) is 0 Å². The highest BCUT2D eigenvalue weighted by atomic mass is 15.4. The zero-order valence-corrected chi connectivity index (χ0v) is 9.28. The van der Waals surface area contributed by atoms with Gasteiger partial charge in [-0.25, -0.2) is 0 Å². The average Bonchev–Trinajstić information content (AvgIpc) is 2.45. The van der Waals surface area contributed by atoms with Crippen LogP contribution in [0.1, 0.15) is 26.5 Å². The van der Waals surface area contributed by atoms with Crippen molar-refractivity contribution < 1.29 is 0 Å². The molecule has 1 aromatic rings. The number of nitrogens with two attached hydrogens (primary N) is 1. The van der Waals surface area contributed by atoms with E-state index in [1.54, 1.807) is 4.68 Å². The van der Waals surface area contributed by atoms with E-state index in [0.29, 0.717) is 0 Å². The van der Waals surface area contributed by atoms with Crippen molar-refractivity contribution in [2.75, 3.05) is 0 Å². The van der Waals surface area contributed by atoms with Gasteiger partial charge in [0.1, 0.15) is 0 Å². The van der Waals surface area contributed by atoms with Crippen molar-refractivity contribution in [1.82, 2.24) is 20.4 Å². The molecule has 1 atom stereocenters. The average molecular weight is 197 g/mol. The molecule has 0 amide bonds. The molecule has 0 aliphatic rings. The van der Waals surface area contributed by atoms with Gasteiger partial charge in [0.05, 0.1) is 5.69 Å². The number of hydrogen-bond acceptors (Lipinski definition) is 4. The maximum absolute atomic E-state index is 5.51. The molecule has 0 aliphatic carbocycles. The van der Waals surface area contributed by atoms with Crippen LogP contribution < -0.4 is 11.3 Å². The van der Waals surface area contributed by atoms with E-state index in [2.05, 4.69) is 36.5 Å². The molecule has 3 N–H and O–H groups in total. The maximum atomic E-state index is 5.51. The standard InChI is InChI=1S/C9H19N5/c1-9(2,3)8(11-10)5-7-6-14(4)13-12-7/h6,8,11H,5,10H2,1-4H3. The molecule has 0 saturated heterocycles. The topological polar surface area (TPSA) is 68.8 Å². The summed E-state index contributed by atoms with van der Waals surface area (Å²) in [6.45, 7) is 6.44. The molecular formula is C9H19N5. The van der Waals surface area contributed by atoms with Gasteiger partial charge in [0.15, 0.2) is 0 Å². The summed E-state index contributed by atoms with van der Waals surface area (Å²) >= 11 is 0. The highest BCUT2D eigenvalue weighted by Gasteiger charge is 2.24. The van der Waals surface area contributed by atoms with E-state index in [1.165, 1.54) is 0 Å². The lowest BCUT2D eigenvalue weighted by molar-refractivity contribution is 0.267. The molecule has 0 fully saturated rings. The van der Waals surface area contributed by atoms with E-state index >= 15 is 0 Å². The first-order valence-corrected chi connectivity index (χ1v) is 4.75. The minimum absolute atomic E-state index is 0.117. The fourth-order valence-electron chi connectivity index (χ4n) is 1.31. The van der Waals surface area contributed by atoms with E-state index < -0.39 is 0 Å². The fourth-order valence-corrected chi connectivity index (χ4v) is 1.31. The van der Waals surface area contributed by atoms with Gasteiger partial charge in [0.25, 0.3) is 0 Å². The molecule has 1 unspecified atom stereocenters. The summed E-state index contributed by atoms with van der Waals surface area (Å²) in [5, 5.41) is 7.92. The quantitative estimate of drug-likeness (QED) is 0.538. The first-order valence-electron chi connectivity index (χ1n) is 4.75. The molecule has 0 aromatic carbocycles. The Labute approximate surface area is 84.6 Å². The van der Waals surface area contributed by atoms with Gasteiger partial charge < -0.3 is 0 Å². The summed E-state index contributed by atoms with van der Waals surface area (Å²) in [6.07, 6.45) is 2.71. The van der Waals surface area contributed by atoms with Crippen LogP contribution in [0.3, 0.4) is 0 Å². The smallest absolute Gasteiger partial charge is 0.0843 e. The molecule has 5 nitrogen and oxygen atoms in total. The third-order valence-electron chi connectivity index (χ3n) is 2.31. The van der Waals surface area contributed by atoms with Crippen LogP contribution in [0.25, 0.3) is 0 Å². The lowest BCUT2D eigenvalue weighted by Gasteiger charge is -2.29. The van der Waals surface area contributed by atoms with Crippen LogP contribution in [0.5, 0.6) is 0 Å². The monoisotopic (exact) mass is 197 g/mol. The van der Waals surface area contributed by atoms with Crippen molar-refractivity contribution in [3.05, 3.63) is 11.9 Å². The Morgan fingerprint density at radius 2 is 2.21 bits per heavy atom. The van der Waals surface area contributed by atoms with Gasteiger partial charge in [-0.2, -0.15) is 0 Å². The van der Waals surface area contributed by atoms with E-state index in [4.69, 9.17) is 5.84 Å². The van der Waals surface area contributed by atoms with E-state index in [-0.39, 0.29) is 11.5 Å². The van der Waals surface area contributed by atoms with Gasteiger partial charge in [-0.15, -0.1) is 5.10 Å². The number of hydrogen-bond donors (Lipinski definition) is 2. The van der Waals surface area contributed by atoms with Crippen molar-refractivity contribution >= 4 is 0 Å². The Hall–Kier alpha value is -0.940. The molecule has 0 aliphatic heterocycles. The van der Waals surface area contributed by atoms with Crippen molar-refractivity contribution in [3.63, 3.8) is 0 Å². The van der Waals surface area contributed by atoms with Crippen LogP contribution >= 0.6 is 0 Å². The molecule has 0 spiro atoms. The second kappa shape index (κ2) is 4.06. The molecule has 80 valence electrons. The lowest BCUT2D eigenvalue weighted by Crippen LogP contribution is -2.45. The number of rotatable bonds is 3. The molecule has 5 heteroatoms. The van der Waals surface area contributed by atoms with Crippen LogP contribution in [0.15, 0.2) is 6.20 Å². The Morgan fingerprint density at radius 1 is 1.57 bits per heavy atom. The van der Waals surface area contributed by atoms with Crippen LogP contribution in [0, 0.1) is 5.41 Å². The van der Waals surface area contributed by atoms with Crippen molar-refractivity contribution in [2.45, 2.75) is 33.2 Å². The second-order valence-electron chi connectivity index (χ2n) is 4.67. The SMILES string of the molecule is Cn1cc(CC(NN)C(C)(C)C)nn1. The summed E-state index contributed by atoms with van der Waals surface area (Å²) in [6, 6.07) is 0.208. The van der Waals surface area contributed by atoms with Gasteiger partial charge in [-0.05, 0) is 5.41 Å². The molecule has 1 aromatic heterocycles. The summed E-state index contributed by atoms with van der Waals surface area (Å²) < 4.78 is 1.70. The summed E-state index contributed by atoms with van der Waals surface area (Å²) in [7, 11) is 1.86. The first kappa shape index (κ1) is 11.1. The Bertz CT molecular complexity index is 286. The highest BCUT2D eigenvalue weighted by molar-refractivity contribution is 4.98. The molecule has 1 heterocycles. The van der Waals surface area contributed by atoms with Crippen molar-refractivity contribution in [3.8, 4) is 0 Å². The first-order chi connectivity index (χ1) is 6.43. The third-order valence-corrected chi connectivity index (χ3v) is 2.31. The van der Waals surface area contributed by atoms with Gasteiger partial charge in [-0.3, -0.25) is 16.0 Å². The van der Waals surface area contributed by atoms with E-state index in [1.807, 2.05) is 13.2 Å². The maximum Gasteiger partial charge on any atom is 0.0843 e. The Morgan fingerprint density at radius 3 is 2.57 bits per heavy atom. The third kappa shape index (κ3) is 2.78. The number of hydrazine groups is 1. The predicted octanol–water partition coefficient (Wildman–Crippen LogP) is 0.236. The summed E-state index contributed by atoms with van der Waals surface area (Å²) in [5.74, 6) is 5.51. The van der Waals surface area contributed by atoms with Crippen LogP contribution in [0.2, 0.25) is 0 Å². The van der Waals surface area contributed by atoms with Gasteiger partial charge in [0.2, 0.25) is 0 Å². The molecule has 0 saturated carbocycles. The Balaban J connectivity index is 2.66. The van der Waals surface area contributed by atoms with E-state index in [0.717, 1.165) is 12.1 Å². The largest absolute Gasteiger partial charge is 0.271 e. The van der Waals surface area contributed by atoms with Crippen molar-refractivity contribution in [2.24, 2.45) is 18.3 Å². The minimum atomic E-state index is 0.117. The highest BCUT2D eigenvalue weighted by Crippen LogP contribution is 2.21. The number of aromatic nitrogens is 3.